The Morgan fingerprint density at radius 1 is 1.00 bits per heavy atom. The van der Waals surface area contributed by atoms with Crippen LogP contribution in [0.15, 0.2) is 55.5 Å². The quantitative estimate of drug-likeness (QED) is 0.336. The zero-order valence-electron chi connectivity index (χ0n) is 19.8. The molecule has 5 heterocycles. The fourth-order valence-corrected chi connectivity index (χ4v) is 4.44. The van der Waals surface area contributed by atoms with Crippen LogP contribution in [-0.2, 0) is 6.54 Å². The van der Waals surface area contributed by atoms with E-state index in [2.05, 4.69) is 67.5 Å². The predicted molar refractivity (Wildman–Crippen MR) is 136 cm³/mol. The molecule has 0 saturated heterocycles. The molecule has 6 rings (SSSR count). The molecule has 0 radical (unpaired) electrons. The van der Waals surface area contributed by atoms with E-state index in [1.807, 2.05) is 30.1 Å². The lowest BCUT2D eigenvalue weighted by molar-refractivity contribution is 0.724. The number of benzene rings is 1. The second-order valence-electron chi connectivity index (χ2n) is 8.71. The van der Waals surface area contributed by atoms with E-state index in [0.717, 1.165) is 74.4 Å². The summed E-state index contributed by atoms with van der Waals surface area (Å²) in [6.07, 6.45) is 11.1. The van der Waals surface area contributed by atoms with Crippen LogP contribution in [0.3, 0.4) is 0 Å². The highest BCUT2D eigenvalue weighted by Gasteiger charge is 2.17. The maximum absolute atomic E-state index is 4.92. The largest absolute Gasteiger partial charge is 0.335 e. The fraction of sp³-hybridized carbons (Fsp3) is 0.192. The predicted octanol–water partition coefficient (Wildman–Crippen LogP) is 4.48. The summed E-state index contributed by atoms with van der Waals surface area (Å²) < 4.78 is 1.94. The molecule has 1 aromatic carbocycles. The van der Waals surface area contributed by atoms with E-state index < -0.39 is 0 Å². The first-order chi connectivity index (χ1) is 17.1. The molecule has 9 heteroatoms. The lowest BCUT2D eigenvalue weighted by Crippen LogP contribution is -2.11. The van der Waals surface area contributed by atoms with Crippen molar-refractivity contribution in [2.45, 2.75) is 27.3 Å². The van der Waals surface area contributed by atoms with E-state index in [-0.39, 0.29) is 0 Å². The summed E-state index contributed by atoms with van der Waals surface area (Å²) in [5.74, 6) is 0.686. The van der Waals surface area contributed by atoms with Crippen LogP contribution in [0.4, 0.5) is 0 Å². The van der Waals surface area contributed by atoms with Crippen LogP contribution in [0.25, 0.3) is 50.3 Å². The third-order valence-corrected chi connectivity index (χ3v) is 6.18. The first-order valence-corrected chi connectivity index (χ1v) is 11.6. The molecule has 0 fully saturated rings. The molecule has 0 amide bonds. The van der Waals surface area contributed by atoms with Crippen LogP contribution in [0.2, 0.25) is 0 Å². The van der Waals surface area contributed by atoms with Crippen LogP contribution in [0, 0.1) is 13.8 Å². The molecule has 0 unspecified atom stereocenters. The lowest BCUT2D eigenvalue weighted by Gasteiger charge is -2.09. The number of aromatic amines is 2. The van der Waals surface area contributed by atoms with Gasteiger partial charge in [-0.15, -0.1) is 0 Å². The number of aromatic nitrogens is 8. The van der Waals surface area contributed by atoms with Gasteiger partial charge < -0.3 is 14.9 Å². The van der Waals surface area contributed by atoms with Crippen molar-refractivity contribution in [2.24, 2.45) is 0 Å². The number of nitrogens with one attached hydrogen (secondary N) is 3. The molecular formula is C26H25N9. The van der Waals surface area contributed by atoms with Crippen LogP contribution in [0.5, 0.6) is 0 Å². The molecule has 0 bridgehead atoms. The van der Waals surface area contributed by atoms with E-state index in [4.69, 9.17) is 4.98 Å². The van der Waals surface area contributed by atoms with E-state index >= 15 is 0 Å². The standard InChI is InChI=1S/C26H25N9/c1-4-27-8-17-6-18(10-28-9-17)19-7-20-21(5-15(19)2)33-34-24(20)26-31-22-11-29-12-23(25(22)32-26)35-13-16(3)30-14-35/h5-7,9-14,27H,4,8H2,1-3H3,(H,31,32)(H,33,34). The van der Waals surface area contributed by atoms with Gasteiger partial charge in [-0.3, -0.25) is 15.1 Å². The SMILES string of the molecule is CCNCc1cncc(-c2cc3c(-c4nc5c(-n6cnc(C)c6)cncc5[nH]4)n[nH]c3cc2C)c1. The zero-order chi connectivity index (χ0) is 23.9. The summed E-state index contributed by atoms with van der Waals surface area (Å²) in [6.45, 7) is 7.88. The van der Waals surface area contributed by atoms with Gasteiger partial charge in [0.2, 0.25) is 0 Å². The van der Waals surface area contributed by atoms with Crippen molar-refractivity contribution in [2.75, 3.05) is 6.54 Å². The Kier molecular flexibility index (Phi) is 5.11. The minimum atomic E-state index is 0.686. The van der Waals surface area contributed by atoms with Gasteiger partial charge in [0, 0.05) is 36.1 Å². The molecule has 35 heavy (non-hydrogen) atoms. The van der Waals surface area contributed by atoms with Gasteiger partial charge in [0.1, 0.15) is 11.2 Å². The molecule has 0 aliphatic carbocycles. The minimum absolute atomic E-state index is 0.686. The Morgan fingerprint density at radius 3 is 2.71 bits per heavy atom. The Bertz CT molecular complexity index is 1670. The first kappa shape index (κ1) is 21.2. The van der Waals surface area contributed by atoms with Crippen LogP contribution < -0.4 is 5.32 Å². The van der Waals surface area contributed by atoms with Crippen molar-refractivity contribution in [1.29, 1.82) is 0 Å². The van der Waals surface area contributed by atoms with Crippen molar-refractivity contribution in [3.63, 3.8) is 0 Å². The maximum atomic E-state index is 4.92. The summed E-state index contributed by atoms with van der Waals surface area (Å²) in [5, 5.41) is 12.2. The average molecular weight is 464 g/mol. The van der Waals surface area contributed by atoms with Crippen LogP contribution >= 0.6 is 0 Å². The Hall–Kier alpha value is -4.37. The molecule has 3 N–H and O–H groups in total. The number of H-pyrrole nitrogens is 2. The Balaban J connectivity index is 1.46. The minimum Gasteiger partial charge on any atom is -0.335 e. The monoisotopic (exact) mass is 463 g/mol. The van der Waals surface area contributed by atoms with Gasteiger partial charge in [0.25, 0.3) is 0 Å². The smallest absolute Gasteiger partial charge is 0.159 e. The third-order valence-electron chi connectivity index (χ3n) is 6.18. The number of imidazole rings is 2. The Labute approximate surface area is 201 Å². The van der Waals surface area contributed by atoms with Gasteiger partial charge in [-0.2, -0.15) is 5.10 Å². The number of fused-ring (bicyclic) bond motifs is 2. The molecule has 5 aromatic heterocycles. The number of nitrogens with zero attached hydrogens (tertiary/aromatic N) is 6. The zero-order valence-corrected chi connectivity index (χ0v) is 19.8. The van der Waals surface area contributed by atoms with Crippen molar-refractivity contribution >= 4 is 21.9 Å². The van der Waals surface area contributed by atoms with E-state index in [1.165, 1.54) is 0 Å². The molecule has 174 valence electrons. The second-order valence-corrected chi connectivity index (χ2v) is 8.71. The van der Waals surface area contributed by atoms with Crippen molar-refractivity contribution in [1.82, 2.24) is 45.0 Å². The van der Waals surface area contributed by atoms with Gasteiger partial charge in [-0.1, -0.05) is 6.92 Å². The van der Waals surface area contributed by atoms with E-state index in [9.17, 15) is 0 Å². The summed E-state index contributed by atoms with van der Waals surface area (Å²) >= 11 is 0. The van der Waals surface area contributed by atoms with Crippen LogP contribution in [0.1, 0.15) is 23.7 Å². The summed E-state index contributed by atoms with van der Waals surface area (Å²) in [6, 6.07) is 6.49. The van der Waals surface area contributed by atoms with E-state index in [1.54, 1.807) is 18.7 Å². The van der Waals surface area contributed by atoms with E-state index in [0.29, 0.717) is 5.82 Å². The van der Waals surface area contributed by atoms with Crippen molar-refractivity contribution in [3.8, 4) is 28.3 Å². The number of hydrogen-bond donors (Lipinski definition) is 3. The summed E-state index contributed by atoms with van der Waals surface area (Å²) in [7, 11) is 0. The van der Waals surface area contributed by atoms with Gasteiger partial charge >= 0.3 is 0 Å². The molecule has 0 saturated carbocycles. The fourth-order valence-electron chi connectivity index (χ4n) is 4.44. The molecular weight excluding hydrogens is 438 g/mol. The van der Waals surface area contributed by atoms with Crippen LogP contribution in [-0.4, -0.2) is 46.2 Å². The molecule has 0 aliphatic rings. The second kappa shape index (κ2) is 8.44. The van der Waals surface area contributed by atoms with Gasteiger partial charge in [-0.25, -0.2) is 9.97 Å². The molecule has 6 aromatic rings. The summed E-state index contributed by atoms with van der Waals surface area (Å²) in [4.78, 5) is 21.5. The number of rotatable bonds is 6. The highest BCUT2D eigenvalue weighted by molar-refractivity contribution is 5.97. The van der Waals surface area contributed by atoms with Gasteiger partial charge in [-0.05, 0) is 55.3 Å². The maximum Gasteiger partial charge on any atom is 0.159 e. The van der Waals surface area contributed by atoms with Gasteiger partial charge in [0.15, 0.2) is 5.82 Å². The number of hydrogen-bond acceptors (Lipinski definition) is 6. The molecule has 9 nitrogen and oxygen atoms in total. The molecule has 0 aliphatic heterocycles. The number of aryl methyl sites for hydroxylation is 2. The topological polar surface area (TPSA) is 113 Å². The lowest BCUT2D eigenvalue weighted by atomic mass is 9.98. The first-order valence-electron chi connectivity index (χ1n) is 11.6. The molecule has 0 atom stereocenters. The molecule has 0 spiro atoms. The summed E-state index contributed by atoms with van der Waals surface area (Å²) in [5.41, 5.74) is 9.70. The van der Waals surface area contributed by atoms with Crippen molar-refractivity contribution < 1.29 is 0 Å². The normalized spacial score (nSPS) is 11.6. The average Bonchev–Trinajstić information content (AvgIpc) is 3.59. The van der Waals surface area contributed by atoms with Gasteiger partial charge in [0.05, 0.1) is 41.1 Å². The number of pyridine rings is 2. The third kappa shape index (κ3) is 3.75. The highest BCUT2D eigenvalue weighted by Crippen LogP contribution is 2.33. The Morgan fingerprint density at radius 2 is 1.89 bits per heavy atom. The van der Waals surface area contributed by atoms with Crippen molar-refractivity contribution in [3.05, 3.63) is 72.3 Å². The highest BCUT2D eigenvalue weighted by atomic mass is 15.1.